The molecule has 1 saturated heterocycles. The van der Waals surface area contributed by atoms with E-state index in [0.29, 0.717) is 18.0 Å². The summed E-state index contributed by atoms with van der Waals surface area (Å²) < 4.78 is 0. The van der Waals surface area contributed by atoms with Gasteiger partial charge in [-0.15, -0.1) is 0 Å². The van der Waals surface area contributed by atoms with Crippen molar-refractivity contribution in [3.63, 3.8) is 0 Å². The van der Waals surface area contributed by atoms with Gasteiger partial charge in [-0.1, -0.05) is 17.7 Å². The molecule has 0 spiro atoms. The molecule has 3 rings (SSSR count). The summed E-state index contributed by atoms with van der Waals surface area (Å²) in [6, 6.07) is 12.1. The smallest absolute Gasteiger partial charge is 0.226 e. The fourth-order valence-corrected chi connectivity index (χ4v) is 3.78. The zero-order chi connectivity index (χ0) is 18.5. The largest absolute Gasteiger partial charge is 0.383 e. The van der Waals surface area contributed by atoms with Crippen molar-refractivity contribution in [2.45, 2.75) is 33.1 Å². The normalized spacial score (nSPS) is 13.7. The molecule has 1 heterocycles. The Bertz CT molecular complexity index is 744. The number of carbonyl (C=O) groups excluding carboxylic acids is 1. The first-order valence-corrected chi connectivity index (χ1v) is 9.56. The highest BCUT2D eigenvalue weighted by Crippen LogP contribution is 2.27. The number of amides is 1. The van der Waals surface area contributed by atoms with Gasteiger partial charge in [-0.05, 0) is 68.1 Å². The van der Waals surface area contributed by atoms with Crippen LogP contribution >= 0.6 is 11.6 Å². The van der Waals surface area contributed by atoms with Crippen LogP contribution in [0.5, 0.6) is 0 Å². The van der Waals surface area contributed by atoms with Gasteiger partial charge in [-0.25, -0.2) is 0 Å². The molecule has 1 aliphatic heterocycles. The van der Waals surface area contributed by atoms with Crippen LogP contribution in [-0.2, 0) is 4.79 Å². The number of hydrogen-bond acceptors (Lipinski definition) is 3. The molecule has 2 aromatic rings. The molecule has 26 heavy (non-hydrogen) atoms. The molecule has 4 nitrogen and oxygen atoms in total. The Hall–Kier alpha value is -2.20. The summed E-state index contributed by atoms with van der Waals surface area (Å²) in [4.78, 5) is 14.6. The number of aryl methyl sites for hydroxylation is 2. The van der Waals surface area contributed by atoms with Crippen molar-refractivity contribution in [2.75, 3.05) is 35.2 Å². The molecule has 2 N–H and O–H groups in total. The molecule has 0 atom stereocenters. The molecular weight excluding hydrogens is 346 g/mol. The predicted octanol–water partition coefficient (Wildman–Crippen LogP) is 5.00. The van der Waals surface area contributed by atoms with Crippen molar-refractivity contribution < 1.29 is 4.79 Å². The van der Waals surface area contributed by atoms with Crippen molar-refractivity contribution in [3.05, 3.63) is 52.5 Å². The van der Waals surface area contributed by atoms with Crippen LogP contribution in [0.3, 0.4) is 0 Å². The Morgan fingerprint density at radius 2 is 1.81 bits per heavy atom. The van der Waals surface area contributed by atoms with E-state index in [0.717, 1.165) is 35.6 Å². The summed E-state index contributed by atoms with van der Waals surface area (Å²) in [6.45, 7) is 6.83. The standard InChI is InChI=1S/C21H26ClN3O/c1-15-13-16(2)21(19(22)14-15)23-10-9-20(26)24-17-5-7-18(8-6-17)25-11-3-4-12-25/h5-8,13-14,23H,3-4,9-12H2,1-2H3,(H,24,26). The van der Waals surface area contributed by atoms with E-state index in [1.165, 1.54) is 18.5 Å². The van der Waals surface area contributed by atoms with Gasteiger partial charge in [0.1, 0.15) is 0 Å². The van der Waals surface area contributed by atoms with Gasteiger partial charge < -0.3 is 15.5 Å². The van der Waals surface area contributed by atoms with Crippen LogP contribution < -0.4 is 15.5 Å². The number of benzene rings is 2. The first-order chi connectivity index (χ1) is 12.5. The van der Waals surface area contributed by atoms with E-state index in [9.17, 15) is 4.79 Å². The maximum atomic E-state index is 12.2. The monoisotopic (exact) mass is 371 g/mol. The molecular formula is C21H26ClN3O. The van der Waals surface area contributed by atoms with Crippen LogP contribution in [0.4, 0.5) is 17.1 Å². The van der Waals surface area contributed by atoms with Gasteiger partial charge in [0.15, 0.2) is 0 Å². The van der Waals surface area contributed by atoms with Gasteiger partial charge in [0.05, 0.1) is 10.7 Å². The van der Waals surface area contributed by atoms with E-state index in [1.54, 1.807) is 0 Å². The minimum atomic E-state index is -0.00712. The summed E-state index contributed by atoms with van der Waals surface area (Å²) >= 11 is 6.28. The molecule has 0 aliphatic carbocycles. The van der Waals surface area contributed by atoms with Gasteiger partial charge in [0, 0.05) is 37.4 Å². The molecule has 2 aromatic carbocycles. The Balaban J connectivity index is 1.48. The molecule has 138 valence electrons. The lowest BCUT2D eigenvalue weighted by atomic mass is 10.1. The third kappa shape index (κ3) is 4.70. The lowest BCUT2D eigenvalue weighted by Gasteiger charge is -2.18. The summed E-state index contributed by atoms with van der Waals surface area (Å²) in [6.07, 6.45) is 2.91. The molecule has 5 heteroatoms. The van der Waals surface area contributed by atoms with E-state index >= 15 is 0 Å². The Kier molecular flexibility index (Phi) is 6.04. The highest BCUT2D eigenvalue weighted by atomic mass is 35.5. The minimum Gasteiger partial charge on any atom is -0.383 e. The van der Waals surface area contributed by atoms with Crippen LogP contribution in [0.1, 0.15) is 30.4 Å². The number of anilines is 3. The molecule has 0 radical (unpaired) electrons. The average molecular weight is 372 g/mol. The molecule has 0 unspecified atom stereocenters. The number of rotatable bonds is 6. The second-order valence-electron chi connectivity index (χ2n) is 6.90. The van der Waals surface area contributed by atoms with E-state index in [1.807, 2.05) is 32.0 Å². The van der Waals surface area contributed by atoms with Crippen molar-refractivity contribution in [3.8, 4) is 0 Å². The van der Waals surface area contributed by atoms with Crippen LogP contribution in [-0.4, -0.2) is 25.5 Å². The maximum Gasteiger partial charge on any atom is 0.226 e. The van der Waals surface area contributed by atoms with E-state index in [2.05, 4.69) is 33.7 Å². The quantitative estimate of drug-likeness (QED) is 0.751. The highest BCUT2D eigenvalue weighted by molar-refractivity contribution is 6.33. The van der Waals surface area contributed by atoms with Crippen LogP contribution in [0.15, 0.2) is 36.4 Å². The lowest BCUT2D eigenvalue weighted by molar-refractivity contribution is -0.115. The minimum absolute atomic E-state index is 0.00712. The summed E-state index contributed by atoms with van der Waals surface area (Å²) in [5, 5.41) is 6.92. The van der Waals surface area contributed by atoms with Gasteiger partial charge in [-0.2, -0.15) is 0 Å². The van der Waals surface area contributed by atoms with Crippen molar-refractivity contribution in [1.29, 1.82) is 0 Å². The van der Waals surface area contributed by atoms with Crippen molar-refractivity contribution >= 4 is 34.6 Å². The van der Waals surface area contributed by atoms with Crippen molar-refractivity contribution in [2.24, 2.45) is 0 Å². The maximum absolute atomic E-state index is 12.2. The summed E-state index contributed by atoms with van der Waals surface area (Å²) in [5.74, 6) is -0.00712. The van der Waals surface area contributed by atoms with Crippen LogP contribution in [0.2, 0.25) is 5.02 Å². The van der Waals surface area contributed by atoms with E-state index < -0.39 is 0 Å². The Morgan fingerprint density at radius 1 is 1.12 bits per heavy atom. The molecule has 0 bridgehead atoms. The third-order valence-corrected chi connectivity index (χ3v) is 5.01. The summed E-state index contributed by atoms with van der Waals surface area (Å²) in [7, 11) is 0. The Labute approximate surface area is 160 Å². The fraction of sp³-hybridized carbons (Fsp3) is 0.381. The van der Waals surface area contributed by atoms with Gasteiger partial charge in [-0.3, -0.25) is 4.79 Å². The fourth-order valence-electron chi connectivity index (χ4n) is 3.40. The number of carbonyl (C=O) groups is 1. The van der Waals surface area contributed by atoms with Gasteiger partial charge in [0.2, 0.25) is 5.91 Å². The topological polar surface area (TPSA) is 44.4 Å². The SMILES string of the molecule is Cc1cc(C)c(NCCC(=O)Nc2ccc(N3CCCC3)cc2)c(Cl)c1. The molecule has 1 amide bonds. The molecule has 0 aromatic heterocycles. The molecule has 0 saturated carbocycles. The van der Waals surface area contributed by atoms with E-state index in [-0.39, 0.29) is 5.91 Å². The van der Waals surface area contributed by atoms with Crippen LogP contribution in [0, 0.1) is 13.8 Å². The van der Waals surface area contributed by atoms with Crippen molar-refractivity contribution in [1.82, 2.24) is 0 Å². The highest BCUT2D eigenvalue weighted by Gasteiger charge is 2.12. The zero-order valence-corrected chi connectivity index (χ0v) is 16.2. The predicted molar refractivity (Wildman–Crippen MR) is 111 cm³/mol. The summed E-state index contributed by atoms with van der Waals surface area (Å²) in [5.41, 5.74) is 5.19. The zero-order valence-electron chi connectivity index (χ0n) is 15.4. The number of hydrogen-bond donors (Lipinski definition) is 2. The number of halogens is 1. The second kappa shape index (κ2) is 8.45. The number of nitrogens with zero attached hydrogens (tertiary/aromatic N) is 1. The molecule has 1 aliphatic rings. The number of nitrogens with one attached hydrogen (secondary N) is 2. The average Bonchev–Trinajstić information content (AvgIpc) is 3.12. The third-order valence-electron chi connectivity index (χ3n) is 4.71. The molecule has 1 fully saturated rings. The second-order valence-corrected chi connectivity index (χ2v) is 7.31. The first kappa shape index (κ1) is 18.6. The Morgan fingerprint density at radius 3 is 2.46 bits per heavy atom. The van der Waals surface area contributed by atoms with Gasteiger partial charge in [0.25, 0.3) is 0 Å². The van der Waals surface area contributed by atoms with Crippen LogP contribution in [0.25, 0.3) is 0 Å². The van der Waals surface area contributed by atoms with E-state index in [4.69, 9.17) is 11.6 Å². The lowest BCUT2D eigenvalue weighted by Crippen LogP contribution is -2.18. The first-order valence-electron chi connectivity index (χ1n) is 9.18. The van der Waals surface area contributed by atoms with Gasteiger partial charge >= 0.3 is 0 Å².